The molecule has 0 saturated carbocycles. The van der Waals surface area contributed by atoms with E-state index in [1.807, 2.05) is 0 Å². The van der Waals surface area contributed by atoms with Gasteiger partial charge in [0, 0.05) is 12.2 Å². The first-order valence-corrected chi connectivity index (χ1v) is 3.97. The molecule has 0 aliphatic carbocycles. The number of nitrogens with one attached hydrogen (secondary N) is 2. The van der Waals surface area contributed by atoms with Crippen molar-refractivity contribution in [1.82, 2.24) is 10.9 Å². The lowest BCUT2D eigenvalue weighted by Gasteiger charge is -2.14. The van der Waals surface area contributed by atoms with Gasteiger partial charge in [0.05, 0.1) is 0 Å². The minimum Gasteiger partial charge on any atom is -0.329 e. The van der Waals surface area contributed by atoms with Crippen LogP contribution < -0.4 is 10.9 Å². The summed E-state index contributed by atoms with van der Waals surface area (Å²) in [5.41, 5.74) is 6.05. The molecule has 0 amide bonds. The van der Waals surface area contributed by atoms with Gasteiger partial charge in [0.15, 0.2) is 0 Å². The van der Waals surface area contributed by atoms with Crippen molar-refractivity contribution in [2.45, 2.75) is 39.2 Å². The van der Waals surface area contributed by atoms with E-state index in [9.17, 15) is 0 Å². The van der Waals surface area contributed by atoms with Crippen LogP contribution in [0.5, 0.6) is 0 Å². The largest absolute Gasteiger partial charge is 0.329 e. The van der Waals surface area contributed by atoms with Gasteiger partial charge in [-0.2, -0.15) is 0 Å². The van der Waals surface area contributed by atoms with Gasteiger partial charge in [0.1, 0.15) is 0 Å². The minimum absolute atomic E-state index is 0.586. The highest BCUT2D eigenvalue weighted by atomic mass is 15.4. The zero-order chi connectivity index (χ0) is 7.82. The van der Waals surface area contributed by atoms with Gasteiger partial charge in [0.2, 0.25) is 0 Å². The summed E-state index contributed by atoms with van der Waals surface area (Å²) in [5.74, 6) is 0. The van der Waals surface area contributed by atoms with E-state index in [2.05, 4.69) is 31.3 Å². The lowest BCUT2D eigenvalue weighted by molar-refractivity contribution is 0.433. The van der Waals surface area contributed by atoms with E-state index in [0.717, 1.165) is 6.42 Å². The van der Waals surface area contributed by atoms with Crippen molar-refractivity contribution < 1.29 is 0 Å². The third kappa shape index (κ3) is 4.39. The summed E-state index contributed by atoms with van der Waals surface area (Å²) in [6.45, 7) is 7.92. The Labute approximate surface area is 63.7 Å². The van der Waals surface area contributed by atoms with E-state index in [1.54, 1.807) is 6.20 Å². The molecule has 0 saturated heterocycles. The molecule has 60 valence electrons. The summed E-state index contributed by atoms with van der Waals surface area (Å²) in [6, 6.07) is 0.586. The van der Waals surface area contributed by atoms with Crippen molar-refractivity contribution in [3.05, 3.63) is 12.8 Å². The Balaban J connectivity index is 3.29. The highest BCUT2D eigenvalue weighted by molar-refractivity contribution is 4.65. The molecule has 0 radical (unpaired) electrons. The molecule has 0 unspecified atom stereocenters. The Morgan fingerprint density at radius 2 is 2.20 bits per heavy atom. The second kappa shape index (κ2) is 6.62. The molecule has 0 aromatic heterocycles. The highest BCUT2D eigenvalue weighted by Gasteiger charge is 2.00. The summed E-state index contributed by atoms with van der Waals surface area (Å²) in [6.07, 6.45) is 5.27. The molecule has 2 N–H and O–H groups in total. The molecule has 10 heavy (non-hydrogen) atoms. The van der Waals surface area contributed by atoms with Crippen molar-refractivity contribution in [3.63, 3.8) is 0 Å². The number of hydrogen-bond donors (Lipinski definition) is 2. The molecule has 0 rings (SSSR count). The van der Waals surface area contributed by atoms with E-state index in [1.165, 1.54) is 12.8 Å². The number of hydrazine groups is 1. The smallest absolute Gasteiger partial charge is 0.0257 e. The fraction of sp³-hybridized carbons (Fsp3) is 0.750. The van der Waals surface area contributed by atoms with Crippen molar-refractivity contribution in [2.24, 2.45) is 0 Å². The fourth-order valence-corrected chi connectivity index (χ4v) is 0.904. The summed E-state index contributed by atoms with van der Waals surface area (Å²) < 4.78 is 0. The van der Waals surface area contributed by atoms with Gasteiger partial charge >= 0.3 is 0 Å². The van der Waals surface area contributed by atoms with Gasteiger partial charge in [-0.05, 0) is 12.8 Å². The first-order chi connectivity index (χ1) is 4.85. The maximum Gasteiger partial charge on any atom is 0.0257 e. The Morgan fingerprint density at radius 3 is 2.60 bits per heavy atom. The summed E-state index contributed by atoms with van der Waals surface area (Å²) in [4.78, 5) is 0. The Bertz CT molecular complexity index is 81.3. The molecule has 2 heteroatoms. The third-order valence-corrected chi connectivity index (χ3v) is 1.52. The van der Waals surface area contributed by atoms with Crippen LogP contribution in [0.3, 0.4) is 0 Å². The maximum atomic E-state index is 3.55. The summed E-state index contributed by atoms with van der Waals surface area (Å²) in [5, 5.41) is 0. The molecule has 0 aliphatic rings. The van der Waals surface area contributed by atoms with Crippen LogP contribution >= 0.6 is 0 Å². The molecule has 2 nitrogen and oxygen atoms in total. The number of rotatable bonds is 6. The van der Waals surface area contributed by atoms with E-state index < -0.39 is 0 Å². The van der Waals surface area contributed by atoms with E-state index in [-0.39, 0.29) is 0 Å². The predicted octanol–water partition coefficient (Wildman–Crippen LogP) is 1.80. The zero-order valence-electron chi connectivity index (χ0n) is 6.98. The standard InChI is InChI=1S/C8H18N2/c1-4-7-8(5-2)10-9-6-3/h6,8-10H,3-5,7H2,1-2H3/t8-/m1/s1. The van der Waals surface area contributed by atoms with Gasteiger partial charge in [-0.1, -0.05) is 26.8 Å². The van der Waals surface area contributed by atoms with E-state index in [4.69, 9.17) is 0 Å². The van der Waals surface area contributed by atoms with Gasteiger partial charge in [-0.3, -0.25) is 0 Å². The SMILES string of the molecule is C=CNN[C@H](CC)CCC. The monoisotopic (exact) mass is 142 g/mol. The molecule has 0 aromatic carbocycles. The van der Waals surface area contributed by atoms with Gasteiger partial charge in [-0.15, -0.1) is 0 Å². The van der Waals surface area contributed by atoms with Gasteiger partial charge < -0.3 is 5.43 Å². The molecule has 0 bridgehead atoms. The lowest BCUT2D eigenvalue weighted by Crippen LogP contribution is -2.36. The van der Waals surface area contributed by atoms with Crippen LogP contribution in [-0.2, 0) is 0 Å². The van der Waals surface area contributed by atoms with Crippen LogP contribution in [0.2, 0.25) is 0 Å². The highest BCUT2D eigenvalue weighted by Crippen LogP contribution is 1.98. The maximum absolute atomic E-state index is 3.55. The quantitative estimate of drug-likeness (QED) is 0.553. The normalized spacial score (nSPS) is 12.6. The molecular weight excluding hydrogens is 124 g/mol. The van der Waals surface area contributed by atoms with Crippen LogP contribution in [0, 0.1) is 0 Å². The van der Waals surface area contributed by atoms with Crippen LogP contribution in [0.25, 0.3) is 0 Å². The first-order valence-electron chi connectivity index (χ1n) is 3.97. The fourth-order valence-electron chi connectivity index (χ4n) is 0.904. The molecular formula is C8H18N2. The predicted molar refractivity (Wildman–Crippen MR) is 45.5 cm³/mol. The molecule has 0 heterocycles. The summed E-state index contributed by atoms with van der Waals surface area (Å²) in [7, 11) is 0. The van der Waals surface area contributed by atoms with Crippen molar-refractivity contribution in [1.29, 1.82) is 0 Å². The molecule has 0 fully saturated rings. The second-order valence-electron chi connectivity index (χ2n) is 2.39. The van der Waals surface area contributed by atoms with Crippen LogP contribution in [0.4, 0.5) is 0 Å². The summed E-state index contributed by atoms with van der Waals surface area (Å²) >= 11 is 0. The molecule has 0 spiro atoms. The minimum atomic E-state index is 0.586. The number of hydrogen-bond acceptors (Lipinski definition) is 2. The van der Waals surface area contributed by atoms with E-state index >= 15 is 0 Å². The molecule has 0 aromatic rings. The van der Waals surface area contributed by atoms with Crippen LogP contribution in [-0.4, -0.2) is 6.04 Å². The second-order valence-corrected chi connectivity index (χ2v) is 2.39. The first kappa shape index (κ1) is 9.50. The molecule has 1 atom stereocenters. The Kier molecular flexibility index (Phi) is 6.29. The zero-order valence-corrected chi connectivity index (χ0v) is 6.98. The van der Waals surface area contributed by atoms with E-state index in [0.29, 0.717) is 6.04 Å². The molecule has 0 aliphatic heterocycles. The van der Waals surface area contributed by atoms with Crippen LogP contribution in [0.15, 0.2) is 12.8 Å². The Morgan fingerprint density at radius 1 is 1.50 bits per heavy atom. The topological polar surface area (TPSA) is 24.1 Å². The van der Waals surface area contributed by atoms with Crippen molar-refractivity contribution >= 4 is 0 Å². The van der Waals surface area contributed by atoms with Crippen molar-refractivity contribution in [2.75, 3.05) is 0 Å². The average Bonchev–Trinajstić information content (AvgIpc) is 1.98. The van der Waals surface area contributed by atoms with Crippen LogP contribution in [0.1, 0.15) is 33.1 Å². The Hall–Kier alpha value is -0.500. The van der Waals surface area contributed by atoms with Gasteiger partial charge in [0.25, 0.3) is 0 Å². The lowest BCUT2D eigenvalue weighted by atomic mass is 10.1. The third-order valence-electron chi connectivity index (χ3n) is 1.52. The van der Waals surface area contributed by atoms with Gasteiger partial charge in [-0.25, -0.2) is 5.43 Å². The average molecular weight is 142 g/mol. The van der Waals surface area contributed by atoms with Crippen molar-refractivity contribution in [3.8, 4) is 0 Å².